The van der Waals surface area contributed by atoms with Gasteiger partial charge in [-0.15, -0.1) is 0 Å². The Bertz CT molecular complexity index is 813. The molecule has 0 bridgehead atoms. The van der Waals surface area contributed by atoms with Crippen LogP contribution in [-0.2, 0) is 11.3 Å². The molecule has 3 rings (SSSR count). The van der Waals surface area contributed by atoms with Gasteiger partial charge in [0.15, 0.2) is 0 Å². The summed E-state index contributed by atoms with van der Waals surface area (Å²) < 4.78 is 12.0. The molecule has 0 saturated carbocycles. The molecule has 0 aromatic carbocycles. The van der Waals surface area contributed by atoms with E-state index in [0.717, 1.165) is 0 Å². The summed E-state index contributed by atoms with van der Waals surface area (Å²) in [4.78, 5) is 20.5. The fourth-order valence-corrected chi connectivity index (χ4v) is 2.13. The number of hydrogen-bond acceptors (Lipinski definition) is 7. The summed E-state index contributed by atoms with van der Waals surface area (Å²) in [5, 5.41) is 10.7. The smallest absolute Gasteiger partial charge is 0.246 e. The van der Waals surface area contributed by atoms with Gasteiger partial charge in [-0.1, -0.05) is 5.16 Å². The largest absolute Gasteiger partial charge is 0.478 e. The van der Waals surface area contributed by atoms with Crippen LogP contribution in [0.5, 0.6) is 5.88 Å². The predicted octanol–water partition coefficient (Wildman–Crippen LogP) is 1.60. The Balaban J connectivity index is 1.59. The highest BCUT2D eigenvalue weighted by Gasteiger charge is 2.16. The predicted molar refractivity (Wildman–Crippen MR) is 87.5 cm³/mol. The van der Waals surface area contributed by atoms with E-state index in [1.807, 2.05) is 6.92 Å². The first-order valence-corrected chi connectivity index (χ1v) is 7.86. The van der Waals surface area contributed by atoms with Gasteiger partial charge >= 0.3 is 0 Å². The highest BCUT2D eigenvalue weighted by atomic mass is 16.5. The number of pyridine rings is 1. The number of aromatic nitrogens is 5. The van der Waals surface area contributed by atoms with Gasteiger partial charge < -0.3 is 14.6 Å². The molecule has 0 aliphatic carbocycles. The van der Waals surface area contributed by atoms with Gasteiger partial charge in [-0.3, -0.25) is 9.48 Å². The Hall–Kier alpha value is -3.23. The summed E-state index contributed by atoms with van der Waals surface area (Å²) in [6.07, 6.45) is 4.96. The topological polar surface area (TPSA) is 108 Å². The van der Waals surface area contributed by atoms with Crippen molar-refractivity contribution < 1.29 is 14.1 Å². The highest BCUT2D eigenvalue weighted by Crippen LogP contribution is 2.17. The maximum Gasteiger partial charge on any atom is 0.246 e. The molecule has 3 aromatic heterocycles. The zero-order valence-corrected chi connectivity index (χ0v) is 13.9. The van der Waals surface area contributed by atoms with Crippen LogP contribution in [-0.4, -0.2) is 37.4 Å². The fraction of sp³-hybridized carbons (Fsp3) is 0.312. The number of amides is 1. The van der Waals surface area contributed by atoms with E-state index in [1.165, 1.54) is 0 Å². The molecule has 25 heavy (non-hydrogen) atoms. The van der Waals surface area contributed by atoms with Crippen molar-refractivity contribution in [1.82, 2.24) is 30.2 Å². The molecule has 0 radical (unpaired) electrons. The number of carbonyl (C=O) groups is 1. The Morgan fingerprint density at radius 3 is 3.00 bits per heavy atom. The minimum Gasteiger partial charge on any atom is -0.478 e. The van der Waals surface area contributed by atoms with Gasteiger partial charge in [0.1, 0.15) is 6.04 Å². The average Bonchev–Trinajstić information content (AvgIpc) is 3.32. The monoisotopic (exact) mass is 342 g/mol. The van der Waals surface area contributed by atoms with Crippen LogP contribution in [0.15, 0.2) is 41.3 Å². The molecular weight excluding hydrogens is 324 g/mol. The van der Waals surface area contributed by atoms with E-state index in [9.17, 15) is 4.79 Å². The summed E-state index contributed by atoms with van der Waals surface area (Å²) in [6.45, 7) is 4.34. The molecule has 0 saturated heterocycles. The molecule has 0 aliphatic heterocycles. The van der Waals surface area contributed by atoms with Crippen LogP contribution in [0.3, 0.4) is 0 Å². The fourth-order valence-electron chi connectivity index (χ4n) is 2.13. The van der Waals surface area contributed by atoms with Crippen LogP contribution >= 0.6 is 0 Å². The normalized spacial score (nSPS) is 11.9. The third-order valence-electron chi connectivity index (χ3n) is 3.47. The molecule has 3 heterocycles. The van der Waals surface area contributed by atoms with Crippen molar-refractivity contribution in [3.63, 3.8) is 0 Å². The number of ether oxygens (including phenoxy) is 1. The van der Waals surface area contributed by atoms with E-state index < -0.39 is 6.04 Å². The molecule has 1 amide bonds. The summed E-state index contributed by atoms with van der Waals surface area (Å²) >= 11 is 0. The second-order valence-electron chi connectivity index (χ2n) is 5.21. The SMILES string of the molecule is CCOc1ccc(-c2noc(CNC(=O)[C@H](C)n3cccn3)n2)cn1. The first kappa shape index (κ1) is 16.6. The number of rotatable bonds is 7. The van der Waals surface area contributed by atoms with Gasteiger partial charge in [0.05, 0.1) is 13.2 Å². The summed E-state index contributed by atoms with van der Waals surface area (Å²) in [5.41, 5.74) is 0.703. The lowest BCUT2D eigenvalue weighted by atomic mass is 10.3. The van der Waals surface area contributed by atoms with Crippen molar-refractivity contribution >= 4 is 5.91 Å². The van der Waals surface area contributed by atoms with Crippen LogP contribution in [0, 0.1) is 0 Å². The van der Waals surface area contributed by atoms with E-state index in [4.69, 9.17) is 9.26 Å². The van der Waals surface area contributed by atoms with Crippen molar-refractivity contribution in [1.29, 1.82) is 0 Å². The maximum atomic E-state index is 12.1. The standard InChI is InChI=1S/C16H18N6O3/c1-3-24-13-6-5-12(9-17-13)15-20-14(25-21-15)10-18-16(23)11(2)22-8-4-7-19-22/h4-9,11H,3,10H2,1-2H3,(H,18,23)/t11-/m0/s1. The molecular formula is C16H18N6O3. The molecule has 9 heteroatoms. The Morgan fingerprint density at radius 1 is 1.44 bits per heavy atom. The molecule has 130 valence electrons. The third kappa shape index (κ3) is 4.00. The van der Waals surface area contributed by atoms with Crippen LogP contribution < -0.4 is 10.1 Å². The van der Waals surface area contributed by atoms with Crippen molar-refractivity contribution in [2.45, 2.75) is 26.4 Å². The summed E-state index contributed by atoms with van der Waals surface area (Å²) in [5.74, 6) is 1.06. The minimum absolute atomic E-state index is 0.141. The van der Waals surface area contributed by atoms with Gasteiger partial charge in [0.25, 0.3) is 0 Å². The van der Waals surface area contributed by atoms with Gasteiger partial charge in [0, 0.05) is 30.2 Å². The Labute approximate surface area is 144 Å². The average molecular weight is 342 g/mol. The third-order valence-corrected chi connectivity index (χ3v) is 3.47. The van der Waals surface area contributed by atoms with Crippen molar-refractivity contribution in [3.8, 4) is 17.3 Å². The molecule has 0 fully saturated rings. The van der Waals surface area contributed by atoms with E-state index in [2.05, 4.69) is 25.5 Å². The van der Waals surface area contributed by atoms with Crippen molar-refractivity contribution in [3.05, 3.63) is 42.7 Å². The van der Waals surface area contributed by atoms with E-state index in [-0.39, 0.29) is 12.5 Å². The minimum atomic E-state index is -0.423. The second-order valence-corrected chi connectivity index (χ2v) is 5.21. The van der Waals surface area contributed by atoms with Crippen LogP contribution in [0.1, 0.15) is 25.8 Å². The molecule has 1 atom stereocenters. The van der Waals surface area contributed by atoms with E-state index in [1.54, 1.807) is 48.4 Å². The number of nitrogens with zero attached hydrogens (tertiary/aromatic N) is 5. The molecule has 9 nitrogen and oxygen atoms in total. The molecule has 0 unspecified atom stereocenters. The Kier molecular flexibility index (Phi) is 5.03. The molecule has 1 N–H and O–H groups in total. The van der Waals surface area contributed by atoms with Gasteiger partial charge in [-0.2, -0.15) is 10.1 Å². The zero-order chi connectivity index (χ0) is 17.6. The lowest BCUT2D eigenvalue weighted by molar-refractivity contribution is -0.124. The van der Waals surface area contributed by atoms with Crippen LogP contribution in [0.25, 0.3) is 11.4 Å². The second kappa shape index (κ2) is 7.56. The molecule has 0 spiro atoms. The summed E-state index contributed by atoms with van der Waals surface area (Å²) in [7, 11) is 0. The van der Waals surface area contributed by atoms with Crippen LogP contribution in [0.4, 0.5) is 0 Å². The number of carbonyl (C=O) groups excluding carboxylic acids is 1. The highest BCUT2D eigenvalue weighted by molar-refractivity contribution is 5.79. The lowest BCUT2D eigenvalue weighted by Crippen LogP contribution is -2.30. The van der Waals surface area contributed by atoms with Gasteiger partial charge in [-0.05, 0) is 26.0 Å². The van der Waals surface area contributed by atoms with Crippen molar-refractivity contribution in [2.75, 3.05) is 6.61 Å². The van der Waals surface area contributed by atoms with E-state index in [0.29, 0.717) is 29.8 Å². The first-order chi connectivity index (χ1) is 12.2. The first-order valence-electron chi connectivity index (χ1n) is 7.86. The molecule has 0 aliphatic rings. The van der Waals surface area contributed by atoms with E-state index >= 15 is 0 Å². The number of hydrogen-bond donors (Lipinski definition) is 1. The van der Waals surface area contributed by atoms with Crippen molar-refractivity contribution in [2.24, 2.45) is 0 Å². The maximum absolute atomic E-state index is 12.1. The molecule has 3 aromatic rings. The summed E-state index contributed by atoms with van der Waals surface area (Å²) in [6, 6.07) is 4.87. The van der Waals surface area contributed by atoms with Gasteiger partial charge in [-0.25, -0.2) is 4.98 Å². The van der Waals surface area contributed by atoms with Crippen LogP contribution in [0.2, 0.25) is 0 Å². The Morgan fingerprint density at radius 2 is 2.32 bits per heavy atom. The number of nitrogens with one attached hydrogen (secondary N) is 1. The zero-order valence-electron chi connectivity index (χ0n) is 13.9. The quantitative estimate of drug-likeness (QED) is 0.695. The van der Waals surface area contributed by atoms with Gasteiger partial charge in [0.2, 0.25) is 23.5 Å². The lowest BCUT2D eigenvalue weighted by Gasteiger charge is -2.11.